The first kappa shape index (κ1) is 19.4. The van der Waals surface area contributed by atoms with Crippen molar-refractivity contribution >= 4 is 33.5 Å². The van der Waals surface area contributed by atoms with Crippen molar-refractivity contribution in [3.8, 4) is 17.1 Å². The summed E-state index contributed by atoms with van der Waals surface area (Å²) in [6.45, 7) is 2.72. The zero-order valence-electron chi connectivity index (χ0n) is 17.2. The number of fused-ring (bicyclic) bond motifs is 2. The summed E-state index contributed by atoms with van der Waals surface area (Å²) in [4.78, 5) is 33.3. The van der Waals surface area contributed by atoms with E-state index in [1.807, 2.05) is 48.5 Å². The first-order valence-electron chi connectivity index (χ1n) is 10.1. The minimum absolute atomic E-state index is 0.138. The van der Waals surface area contributed by atoms with Crippen LogP contribution in [0.15, 0.2) is 53.3 Å². The van der Waals surface area contributed by atoms with E-state index in [1.54, 1.807) is 12.0 Å². The summed E-state index contributed by atoms with van der Waals surface area (Å²) in [5.41, 5.74) is 2.46. The Morgan fingerprint density at radius 2 is 1.77 bits per heavy atom. The predicted octanol–water partition coefficient (Wildman–Crippen LogP) is 2.89. The van der Waals surface area contributed by atoms with Gasteiger partial charge in [0.15, 0.2) is 5.82 Å². The molecule has 1 aliphatic heterocycles. The van der Waals surface area contributed by atoms with Gasteiger partial charge in [-0.1, -0.05) is 55.0 Å². The summed E-state index contributed by atoms with van der Waals surface area (Å²) in [5.74, 6) is 0.913. The molecule has 0 unspecified atom stereocenters. The molecule has 0 saturated carbocycles. The normalized spacial score (nSPS) is 15.0. The van der Waals surface area contributed by atoms with Crippen LogP contribution in [0.25, 0.3) is 21.9 Å². The lowest BCUT2D eigenvalue weighted by molar-refractivity contribution is -0.113. The number of aromatic nitrogens is 3. The number of unbranched alkanes of at least 4 members (excludes halogenated alkanes) is 1. The molecule has 0 fully saturated rings. The monoisotopic (exact) mass is 432 g/mol. The molecule has 0 spiro atoms. The van der Waals surface area contributed by atoms with E-state index in [-0.39, 0.29) is 11.5 Å². The van der Waals surface area contributed by atoms with E-state index in [9.17, 15) is 9.59 Å². The Hall–Kier alpha value is -3.52. The number of rotatable bonds is 5. The lowest BCUT2D eigenvalue weighted by Gasteiger charge is -2.16. The van der Waals surface area contributed by atoms with E-state index in [4.69, 9.17) is 4.74 Å². The van der Waals surface area contributed by atoms with Crippen LogP contribution in [0, 0.1) is 0 Å². The first-order valence-corrected chi connectivity index (χ1v) is 10.9. The lowest BCUT2D eigenvalue weighted by atomic mass is 10.1. The highest BCUT2D eigenvalue weighted by atomic mass is 32.1. The molecular formula is C23H20N4O3S. The van der Waals surface area contributed by atoms with Crippen LogP contribution in [0.4, 0.5) is 5.69 Å². The fourth-order valence-corrected chi connectivity index (χ4v) is 4.86. The van der Waals surface area contributed by atoms with Crippen LogP contribution in [0.1, 0.15) is 25.3 Å². The quantitative estimate of drug-likeness (QED) is 0.485. The molecule has 1 amide bonds. The second-order valence-corrected chi connectivity index (χ2v) is 8.25. The van der Waals surface area contributed by atoms with Crippen molar-refractivity contribution < 1.29 is 9.53 Å². The summed E-state index contributed by atoms with van der Waals surface area (Å²) in [6.07, 6.45) is 1.88. The van der Waals surface area contributed by atoms with E-state index < -0.39 is 0 Å². The van der Waals surface area contributed by atoms with Crippen LogP contribution in [-0.4, -0.2) is 34.2 Å². The van der Waals surface area contributed by atoms with Gasteiger partial charge in [0.1, 0.15) is 10.3 Å². The number of carbonyl (C=O) groups is 1. The number of hydrogen-bond donors (Lipinski definition) is 0. The Labute approximate surface area is 182 Å². The summed E-state index contributed by atoms with van der Waals surface area (Å²) in [6, 6.07) is 15.0. The molecule has 4 aromatic rings. The number of hydrogen-bond acceptors (Lipinski definition) is 6. The maximum atomic E-state index is 13.3. The SMILES string of the molecule is CCCCN1C(=O)/C(=c2\sc3nc(-c4ccccc4OC)nn3c2=O)c2ccccc21. The largest absolute Gasteiger partial charge is 0.496 e. The number of thiazole rings is 1. The predicted molar refractivity (Wildman–Crippen MR) is 121 cm³/mol. The van der Waals surface area contributed by atoms with Gasteiger partial charge in [-0.3, -0.25) is 9.59 Å². The van der Waals surface area contributed by atoms with Crippen molar-refractivity contribution in [1.29, 1.82) is 0 Å². The highest BCUT2D eigenvalue weighted by Crippen LogP contribution is 2.35. The Balaban J connectivity index is 1.69. The minimum atomic E-state index is -0.329. The number of amides is 1. The number of carbonyl (C=O) groups excluding carboxylic acids is 1. The Morgan fingerprint density at radius 1 is 1.03 bits per heavy atom. The molecule has 2 aromatic heterocycles. The molecule has 8 heteroatoms. The number of nitrogens with zero attached hydrogens (tertiary/aromatic N) is 4. The van der Waals surface area contributed by atoms with Crippen LogP contribution >= 0.6 is 11.3 Å². The van der Waals surface area contributed by atoms with E-state index in [0.717, 1.165) is 24.1 Å². The van der Waals surface area contributed by atoms with Gasteiger partial charge in [-0.25, -0.2) is 0 Å². The van der Waals surface area contributed by atoms with E-state index in [1.165, 1.54) is 15.9 Å². The van der Waals surface area contributed by atoms with Crippen molar-refractivity contribution in [2.75, 3.05) is 18.6 Å². The molecule has 2 aromatic carbocycles. The second-order valence-electron chi connectivity index (χ2n) is 7.27. The van der Waals surface area contributed by atoms with Gasteiger partial charge in [0.25, 0.3) is 11.5 Å². The third-order valence-electron chi connectivity index (χ3n) is 5.39. The molecule has 31 heavy (non-hydrogen) atoms. The standard InChI is InChI=1S/C23H20N4O3S/c1-3-4-13-26-16-11-7-5-9-14(16)18(21(26)28)19-22(29)27-23(31-19)24-20(25-27)15-10-6-8-12-17(15)30-2/h5-12H,3-4,13H2,1-2H3/b19-18-. The fraction of sp³-hybridized carbons (Fsp3) is 0.217. The molecule has 0 aliphatic carbocycles. The van der Waals surface area contributed by atoms with Gasteiger partial charge in [-0.15, -0.1) is 5.10 Å². The zero-order chi connectivity index (χ0) is 21.5. The Bertz CT molecular complexity index is 1420. The average Bonchev–Trinajstić information content (AvgIpc) is 3.43. The van der Waals surface area contributed by atoms with Gasteiger partial charge < -0.3 is 9.64 Å². The molecule has 7 nitrogen and oxygen atoms in total. The average molecular weight is 433 g/mol. The van der Waals surface area contributed by atoms with E-state index >= 15 is 0 Å². The molecule has 156 valence electrons. The topological polar surface area (TPSA) is 76.8 Å². The zero-order valence-corrected chi connectivity index (χ0v) is 18.0. The molecule has 0 atom stereocenters. The highest BCUT2D eigenvalue weighted by Gasteiger charge is 2.33. The Morgan fingerprint density at radius 3 is 2.52 bits per heavy atom. The molecule has 0 bridgehead atoms. The van der Waals surface area contributed by atoms with Crippen molar-refractivity contribution in [1.82, 2.24) is 14.6 Å². The van der Waals surface area contributed by atoms with Crippen molar-refractivity contribution in [3.63, 3.8) is 0 Å². The first-order chi connectivity index (χ1) is 15.1. The third-order valence-corrected chi connectivity index (χ3v) is 6.42. The number of anilines is 1. The van der Waals surface area contributed by atoms with Crippen LogP contribution in [0.5, 0.6) is 5.75 Å². The molecule has 0 N–H and O–H groups in total. The Kier molecular flexibility index (Phi) is 4.78. The van der Waals surface area contributed by atoms with Crippen LogP contribution in [0.2, 0.25) is 0 Å². The maximum absolute atomic E-state index is 13.3. The molecule has 0 radical (unpaired) electrons. The lowest BCUT2D eigenvalue weighted by Crippen LogP contribution is -2.33. The van der Waals surface area contributed by atoms with Gasteiger partial charge in [-0.2, -0.15) is 9.50 Å². The summed E-state index contributed by atoms with van der Waals surface area (Å²) in [5, 5.41) is 4.42. The summed E-state index contributed by atoms with van der Waals surface area (Å²) in [7, 11) is 1.58. The molecular weight excluding hydrogens is 412 g/mol. The number of ether oxygens (including phenoxy) is 1. The van der Waals surface area contributed by atoms with Gasteiger partial charge in [0.2, 0.25) is 4.96 Å². The fourth-order valence-electron chi connectivity index (χ4n) is 3.87. The van der Waals surface area contributed by atoms with E-state index in [0.29, 0.717) is 38.7 Å². The van der Waals surface area contributed by atoms with Crippen molar-refractivity contribution in [2.45, 2.75) is 19.8 Å². The third kappa shape index (κ3) is 3.02. The summed E-state index contributed by atoms with van der Waals surface area (Å²) >= 11 is 1.19. The van der Waals surface area contributed by atoms with Crippen LogP contribution in [0.3, 0.4) is 0 Å². The molecule has 5 rings (SSSR count). The van der Waals surface area contributed by atoms with Gasteiger partial charge in [0, 0.05) is 12.1 Å². The molecule has 1 aliphatic rings. The van der Waals surface area contributed by atoms with Crippen LogP contribution < -0.4 is 19.7 Å². The highest BCUT2D eigenvalue weighted by molar-refractivity contribution is 7.15. The number of methoxy groups -OCH3 is 1. The summed E-state index contributed by atoms with van der Waals surface area (Å²) < 4.78 is 7.04. The minimum Gasteiger partial charge on any atom is -0.496 e. The van der Waals surface area contributed by atoms with E-state index in [2.05, 4.69) is 17.0 Å². The molecule has 0 saturated heterocycles. The smallest absolute Gasteiger partial charge is 0.291 e. The van der Waals surface area contributed by atoms with Gasteiger partial charge in [0.05, 0.1) is 23.9 Å². The van der Waals surface area contributed by atoms with Crippen molar-refractivity contribution in [3.05, 3.63) is 69.0 Å². The van der Waals surface area contributed by atoms with Gasteiger partial charge >= 0.3 is 0 Å². The second kappa shape index (κ2) is 7.63. The van der Waals surface area contributed by atoms with Gasteiger partial charge in [-0.05, 0) is 24.6 Å². The number of benzene rings is 2. The number of para-hydroxylation sites is 2. The maximum Gasteiger partial charge on any atom is 0.291 e. The van der Waals surface area contributed by atoms with Crippen LogP contribution in [-0.2, 0) is 4.79 Å². The molecule has 3 heterocycles. The van der Waals surface area contributed by atoms with Crippen molar-refractivity contribution in [2.24, 2.45) is 0 Å².